The van der Waals surface area contributed by atoms with Crippen LogP contribution in [0.3, 0.4) is 0 Å². The van der Waals surface area contributed by atoms with Gasteiger partial charge in [0.05, 0.1) is 11.8 Å². The van der Waals surface area contributed by atoms with E-state index < -0.39 is 5.97 Å². The lowest BCUT2D eigenvalue weighted by molar-refractivity contribution is -0.123. The molecule has 0 aromatic carbocycles. The highest BCUT2D eigenvalue weighted by molar-refractivity contribution is 7.14. The molecular weight excluding hydrogens is 426 g/mol. The lowest BCUT2D eigenvalue weighted by Gasteiger charge is -2.31. The van der Waals surface area contributed by atoms with Crippen molar-refractivity contribution in [3.8, 4) is 0 Å². The van der Waals surface area contributed by atoms with Gasteiger partial charge in [-0.15, -0.1) is 11.3 Å². The third-order valence-electron chi connectivity index (χ3n) is 7.19. The average molecular weight is 464 g/mol. The van der Waals surface area contributed by atoms with Crippen LogP contribution in [0, 0.1) is 11.8 Å². The fraction of sp³-hybridized carbons (Fsp3) is 0.720. The lowest BCUT2D eigenvalue weighted by atomic mass is 9.82. The van der Waals surface area contributed by atoms with Crippen LogP contribution in [0.2, 0.25) is 0 Å². The first-order valence-corrected chi connectivity index (χ1v) is 12.8. The second-order valence-electron chi connectivity index (χ2n) is 9.62. The number of rotatable bonds is 9. The molecule has 6 nitrogen and oxygen atoms in total. The first kappa shape index (κ1) is 24.9. The second kappa shape index (κ2) is 11.4. The van der Waals surface area contributed by atoms with E-state index in [9.17, 15) is 19.5 Å². The van der Waals surface area contributed by atoms with Crippen molar-refractivity contribution in [1.29, 1.82) is 0 Å². The summed E-state index contributed by atoms with van der Waals surface area (Å²) in [5.74, 6) is 0.170. The molecule has 0 saturated heterocycles. The number of hydrogen-bond acceptors (Lipinski definition) is 5. The number of carbonyl (C=O) groups is 3. The third kappa shape index (κ3) is 6.19. The number of Topliss-reactive ketones (excluding diaryl/α,β-unsaturated/α-hetero) is 1. The van der Waals surface area contributed by atoms with Crippen LogP contribution in [0.25, 0.3) is 0 Å². The number of carboxylic acids is 1. The molecular formula is C25H37NO5S. The molecule has 1 aromatic rings. The Morgan fingerprint density at radius 2 is 1.84 bits per heavy atom. The van der Waals surface area contributed by atoms with E-state index in [4.69, 9.17) is 4.74 Å². The van der Waals surface area contributed by atoms with E-state index in [1.165, 1.54) is 11.3 Å². The fourth-order valence-corrected chi connectivity index (χ4v) is 6.08. The van der Waals surface area contributed by atoms with Gasteiger partial charge in [0.25, 0.3) is 0 Å². The maximum Gasteiger partial charge on any atom is 0.348 e. The van der Waals surface area contributed by atoms with E-state index in [0.717, 1.165) is 56.2 Å². The van der Waals surface area contributed by atoms with Crippen LogP contribution < -0.4 is 4.90 Å². The predicted molar refractivity (Wildman–Crippen MR) is 127 cm³/mol. The zero-order chi connectivity index (χ0) is 23.3. The number of carboxylic acid groups (broad SMARTS) is 1. The second-order valence-corrected chi connectivity index (χ2v) is 10.7. The van der Waals surface area contributed by atoms with Gasteiger partial charge in [-0.25, -0.2) is 4.79 Å². The molecule has 0 bridgehead atoms. The highest BCUT2D eigenvalue weighted by Crippen LogP contribution is 2.41. The summed E-state index contributed by atoms with van der Waals surface area (Å²) >= 11 is 1.28. The molecule has 2 aliphatic carbocycles. The summed E-state index contributed by atoms with van der Waals surface area (Å²) in [6.45, 7) is 4.73. The van der Waals surface area contributed by atoms with Gasteiger partial charge in [0, 0.05) is 37.3 Å². The third-order valence-corrected chi connectivity index (χ3v) is 8.46. The molecule has 1 N–H and O–H groups in total. The van der Waals surface area contributed by atoms with Gasteiger partial charge < -0.3 is 14.7 Å². The zero-order valence-corrected chi connectivity index (χ0v) is 20.4. The Morgan fingerprint density at radius 1 is 1.19 bits per heavy atom. The normalized spacial score (nSPS) is 23.2. The molecule has 2 fully saturated rings. The summed E-state index contributed by atoms with van der Waals surface area (Å²) in [4.78, 5) is 40.4. The Morgan fingerprint density at radius 3 is 2.44 bits per heavy atom. The molecule has 1 aromatic heterocycles. The summed E-state index contributed by atoms with van der Waals surface area (Å²) in [5, 5.41) is 9.95. The number of methoxy groups -OCH3 is 1. The Hall–Kier alpha value is -1.73. The SMILES string of the molecule is COC(C)CCCN(C(=O)C1CCC(C)CC1)c1cc(C2CCC(=O)CC2)sc1C(=O)O. The quantitative estimate of drug-likeness (QED) is 0.512. The average Bonchev–Trinajstić information content (AvgIpc) is 3.22. The van der Waals surface area contributed by atoms with Crippen molar-refractivity contribution in [3.63, 3.8) is 0 Å². The number of thiophene rings is 1. The van der Waals surface area contributed by atoms with Crippen molar-refractivity contribution in [2.24, 2.45) is 11.8 Å². The van der Waals surface area contributed by atoms with Gasteiger partial charge >= 0.3 is 5.97 Å². The molecule has 1 amide bonds. The molecule has 0 radical (unpaired) electrons. The van der Waals surface area contributed by atoms with Crippen LogP contribution in [-0.4, -0.2) is 42.5 Å². The monoisotopic (exact) mass is 463 g/mol. The number of ether oxygens (including phenoxy) is 1. The van der Waals surface area contributed by atoms with E-state index in [2.05, 4.69) is 6.92 Å². The maximum absolute atomic E-state index is 13.6. The number of ketones is 1. The number of aromatic carboxylic acids is 1. The van der Waals surface area contributed by atoms with Crippen molar-refractivity contribution < 1.29 is 24.2 Å². The summed E-state index contributed by atoms with van der Waals surface area (Å²) < 4.78 is 5.36. The van der Waals surface area contributed by atoms with Crippen LogP contribution in [0.1, 0.15) is 98.5 Å². The maximum atomic E-state index is 13.6. The Bertz CT molecular complexity index is 801. The van der Waals surface area contributed by atoms with Crippen LogP contribution >= 0.6 is 11.3 Å². The molecule has 0 aliphatic heterocycles. The van der Waals surface area contributed by atoms with Gasteiger partial charge in [-0.1, -0.05) is 6.92 Å². The molecule has 1 atom stereocenters. The first-order chi connectivity index (χ1) is 15.3. The van der Waals surface area contributed by atoms with Gasteiger partial charge in [0.1, 0.15) is 10.7 Å². The molecule has 1 unspecified atom stereocenters. The minimum absolute atomic E-state index is 0.0386. The topological polar surface area (TPSA) is 83.9 Å². The number of amides is 1. The molecule has 7 heteroatoms. The summed E-state index contributed by atoms with van der Waals surface area (Å²) in [5.41, 5.74) is 0.545. The Balaban J connectivity index is 1.86. The van der Waals surface area contributed by atoms with E-state index >= 15 is 0 Å². The smallest absolute Gasteiger partial charge is 0.348 e. The minimum atomic E-state index is -0.983. The van der Waals surface area contributed by atoms with E-state index in [1.54, 1.807) is 12.0 Å². The highest BCUT2D eigenvalue weighted by Gasteiger charge is 2.33. The first-order valence-electron chi connectivity index (χ1n) is 12.0. The molecule has 2 aliphatic rings. The van der Waals surface area contributed by atoms with Crippen molar-refractivity contribution >= 4 is 34.7 Å². The Labute approximate surface area is 195 Å². The van der Waals surface area contributed by atoms with Gasteiger partial charge in [-0.3, -0.25) is 9.59 Å². The van der Waals surface area contributed by atoms with Crippen LogP contribution in [0.4, 0.5) is 5.69 Å². The van der Waals surface area contributed by atoms with Crippen molar-refractivity contribution in [3.05, 3.63) is 15.8 Å². The van der Waals surface area contributed by atoms with Gasteiger partial charge in [0.2, 0.25) is 5.91 Å². The molecule has 3 rings (SSSR count). The van der Waals surface area contributed by atoms with Crippen LogP contribution in [0.5, 0.6) is 0 Å². The Kier molecular flexibility index (Phi) is 8.88. The lowest BCUT2D eigenvalue weighted by Crippen LogP contribution is -2.39. The van der Waals surface area contributed by atoms with Crippen LogP contribution in [0.15, 0.2) is 6.07 Å². The minimum Gasteiger partial charge on any atom is -0.477 e. The standard InChI is InChI=1S/C25H37NO5S/c1-16-6-8-19(9-7-16)24(28)26(14-4-5-17(2)31-3)21-15-22(32-23(21)25(29)30)18-10-12-20(27)13-11-18/h15-19H,4-14H2,1-3H3,(H,29,30). The summed E-state index contributed by atoms with van der Waals surface area (Å²) in [6.07, 6.45) is 8.12. The number of nitrogens with zero attached hydrogens (tertiary/aromatic N) is 1. The molecule has 0 spiro atoms. The fourth-order valence-electron chi connectivity index (χ4n) is 4.91. The van der Waals surface area contributed by atoms with Crippen molar-refractivity contribution in [1.82, 2.24) is 0 Å². The summed E-state index contributed by atoms with van der Waals surface area (Å²) in [6, 6.07) is 1.93. The summed E-state index contributed by atoms with van der Waals surface area (Å²) in [7, 11) is 1.68. The van der Waals surface area contributed by atoms with E-state index in [1.807, 2.05) is 13.0 Å². The van der Waals surface area contributed by atoms with E-state index in [0.29, 0.717) is 31.0 Å². The number of carbonyl (C=O) groups excluding carboxylic acids is 2. The largest absolute Gasteiger partial charge is 0.477 e. The van der Waals surface area contributed by atoms with Gasteiger partial charge in [-0.2, -0.15) is 0 Å². The van der Waals surface area contributed by atoms with Gasteiger partial charge in [-0.05, 0) is 76.2 Å². The van der Waals surface area contributed by atoms with E-state index in [-0.39, 0.29) is 34.5 Å². The highest BCUT2D eigenvalue weighted by atomic mass is 32.1. The van der Waals surface area contributed by atoms with Crippen molar-refractivity contribution in [2.45, 2.75) is 90.1 Å². The predicted octanol–water partition coefficient (Wildman–Crippen LogP) is 5.65. The van der Waals surface area contributed by atoms with Gasteiger partial charge in [0.15, 0.2) is 0 Å². The van der Waals surface area contributed by atoms with Crippen LogP contribution in [-0.2, 0) is 14.3 Å². The number of anilines is 1. The van der Waals surface area contributed by atoms with Crippen molar-refractivity contribution in [2.75, 3.05) is 18.6 Å². The number of hydrogen-bond donors (Lipinski definition) is 1. The molecule has 2 saturated carbocycles. The zero-order valence-electron chi connectivity index (χ0n) is 19.6. The molecule has 32 heavy (non-hydrogen) atoms. The molecule has 1 heterocycles. The molecule has 178 valence electrons.